The largest absolute Gasteiger partial charge is 0.351 e. The van der Waals surface area contributed by atoms with Crippen LogP contribution in [0.1, 0.15) is 12.0 Å². The monoisotopic (exact) mass is 299 g/mol. The Morgan fingerprint density at radius 2 is 2.05 bits per heavy atom. The molecule has 0 aliphatic carbocycles. The molecule has 4 nitrogen and oxygen atoms in total. The predicted molar refractivity (Wildman–Crippen MR) is 78.1 cm³/mol. The lowest BCUT2D eigenvalue weighted by Crippen LogP contribution is -2.40. The first kappa shape index (κ1) is 14.4. The number of carbonyl (C=O) groups excluding carboxylic acids is 1. The van der Waals surface area contributed by atoms with Gasteiger partial charge in [0.1, 0.15) is 0 Å². The molecule has 1 amide bonds. The van der Waals surface area contributed by atoms with Gasteiger partial charge in [0.25, 0.3) is 0 Å². The van der Waals surface area contributed by atoms with Crippen LogP contribution in [0.2, 0.25) is 0 Å². The minimum atomic E-state index is -2.97. The van der Waals surface area contributed by atoms with Gasteiger partial charge in [-0.05, 0) is 18.4 Å². The fraction of sp³-hybridized carbons (Fsp3) is 0.462. The summed E-state index contributed by atoms with van der Waals surface area (Å²) >= 11 is 4.29. The highest BCUT2D eigenvalue weighted by Crippen LogP contribution is 2.13. The smallest absolute Gasteiger partial charge is 0.233 e. The molecular formula is C13H17NO3S2. The van der Waals surface area contributed by atoms with Crippen molar-refractivity contribution in [2.24, 2.45) is 0 Å². The Labute approximate surface area is 118 Å². The Kier molecular flexibility index (Phi) is 4.52. The maximum Gasteiger partial charge on any atom is 0.233 e. The lowest BCUT2D eigenvalue weighted by atomic mass is 10.1. The average Bonchev–Trinajstić information content (AvgIpc) is 2.70. The van der Waals surface area contributed by atoms with Gasteiger partial charge in [-0.15, -0.1) is 0 Å². The maximum atomic E-state index is 11.9. The predicted octanol–water partition coefficient (Wildman–Crippen LogP) is 0.831. The molecular weight excluding hydrogens is 282 g/mol. The fourth-order valence-electron chi connectivity index (χ4n) is 2.14. The van der Waals surface area contributed by atoms with Crippen molar-refractivity contribution < 1.29 is 13.2 Å². The Bertz CT molecular complexity index is 542. The van der Waals surface area contributed by atoms with Gasteiger partial charge in [-0.25, -0.2) is 8.42 Å². The van der Waals surface area contributed by atoms with Crippen molar-refractivity contribution in [3.8, 4) is 0 Å². The maximum absolute atomic E-state index is 11.9. The summed E-state index contributed by atoms with van der Waals surface area (Å²) in [5, 5.41) is 2.31. The molecule has 0 spiro atoms. The van der Waals surface area contributed by atoms with E-state index in [-0.39, 0.29) is 23.5 Å². The van der Waals surface area contributed by atoms with Crippen LogP contribution in [0.15, 0.2) is 30.3 Å². The molecule has 1 saturated heterocycles. The topological polar surface area (TPSA) is 63.2 Å². The number of nitrogens with one attached hydrogen (secondary N) is 1. The van der Waals surface area contributed by atoms with Crippen LogP contribution in [0.5, 0.6) is 0 Å². The standard InChI is InChI=1S/C13H17NO3S2/c15-13(14-11-6-7-19(16,17)9-11)12(18)8-10-4-2-1-3-5-10/h1-5,11-12,18H,6-9H2,(H,14,15). The van der Waals surface area contributed by atoms with Crippen molar-refractivity contribution in [3.63, 3.8) is 0 Å². The molecule has 19 heavy (non-hydrogen) atoms. The second kappa shape index (κ2) is 5.96. The number of carbonyl (C=O) groups is 1. The van der Waals surface area contributed by atoms with Gasteiger partial charge in [0.2, 0.25) is 5.91 Å². The molecule has 1 aliphatic heterocycles. The van der Waals surface area contributed by atoms with E-state index in [1.807, 2.05) is 30.3 Å². The lowest BCUT2D eigenvalue weighted by Gasteiger charge is -2.15. The van der Waals surface area contributed by atoms with E-state index in [2.05, 4.69) is 17.9 Å². The van der Waals surface area contributed by atoms with Gasteiger partial charge in [0.15, 0.2) is 9.84 Å². The molecule has 0 saturated carbocycles. The normalized spacial score (nSPS) is 22.9. The summed E-state index contributed by atoms with van der Waals surface area (Å²) in [6, 6.07) is 9.37. The van der Waals surface area contributed by atoms with E-state index < -0.39 is 15.1 Å². The number of rotatable bonds is 4. The number of sulfone groups is 1. The van der Waals surface area contributed by atoms with Gasteiger partial charge in [-0.3, -0.25) is 4.79 Å². The minimum Gasteiger partial charge on any atom is -0.351 e. The number of thiol groups is 1. The van der Waals surface area contributed by atoms with E-state index in [4.69, 9.17) is 0 Å². The summed E-state index contributed by atoms with van der Waals surface area (Å²) in [5.74, 6) is 0.00706. The molecule has 1 fully saturated rings. The van der Waals surface area contributed by atoms with E-state index in [0.29, 0.717) is 12.8 Å². The first-order valence-corrected chi connectivity index (χ1v) is 8.53. The van der Waals surface area contributed by atoms with E-state index in [0.717, 1.165) is 5.56 Å². The van der Waals surface area contributed by atoms with Crippen LogP contribution in [0.25, 0.3) is 0 Å². The molecule has 1 aromatic carbocycles. The summed E-state index contributed by atoms with van der Waals surface area (Å²) < 4.78 is 22.6. The molecule has 1 heterocycles. The summed E-state index contributed by atoms with van der Waals surface area (Å²) in [6.45, 7) is 0. The van der Waals surface area contributed by atoms with E-state index >= 15 is 0 Å². The number of amides is 1. The van der Waals surface area contributed by atoms with Crippen molar-refractivity contribution in [1.29, 1.82) is 0 Å². The summed E-state index contributed by atoms with van der Waals surface area (Å²) in [7, 11) is -2.97. The SMILES string of the molecule is O=C(NC1CCS(=O)(=O)C1)C(S)Cc1ccccc1. The van der Waals surface area contributed by atoms with Crippen LogP contribution in [0.3, 0.4) is 0 Å². The van der Waals surface area contributed by atoms with Gasteiger partial charge in [-0.2, -0.15) is 12.6 Å². The highest BCUT2D eigenvalue weighted by Gasteiger charge is 2.30. The van der Waals surface area contributed by atoms with E-state index in [1.165, 1.54) is 0 Å². The zero-order chi connectivity index (χ0) is 13.9. The number of benzene rings is 1. The second-order valence-corrected chi connectivity index (χ2v) is 7.67. The van der Waals surface area contributed by atoms with E-state index in [1.54, 1.807) is 0 Å². The molecule has 0 radical (unpaired) electrons. The molecule has 2 rings (SSSR count). The van der Waals surface area contributed by atoms with Gasteiger partial charge in [0.05, 0.1) is 16.8 Å². The van der Waals surface area contributed by atoms with Crippen LogP contribution < -0.4 is 5.32 Å². The third-order valence-corrected chi connectivity index (χ3v) is 5.34. The molecule has 2 atom stereocenters. The average molecular weight is 299 g/mol. The van der Waals surface area contributed by atoms with Gasteiger partial charge in [0, 0.05) is 6.04 Å². The van der Waals surface area contributed by atoms with Crippen molar-refractivity contribution >= 4 is 28.4 Å². The molecule has 1 aromatic rings. The molecule has 1 aliphatic rings. The first-order chi connectivity index (χ1) is 8.96. The van der Waals surface area contributed by atoms with Crippen molar-refractivity contribution in [2.75, 3.05) is 11.5 Å². The zero-order valence-corrected chi connectivity index (χ0v) is 12.2. The molecule has 0 bridgehead atoms. The zero-order valence-electron chi connectivity index (χ0n) is 10.5. The van der Waals surface area contributed by atoms with Crippen LogP contribution in [0.4, 0.5) is 0 Å². The number of hydrogen-bond acceptors (Lipinski definition) is 4. The summed E-state index contributed by atoms with van der Waals surface area (Å²) in [5.41, 5.74) is 1.04. The van der Waals surface area contributed by atoms with Crippen molar-refractivity contribution in [3.05, 3.63) is 35.9 Å². The van der Waals surface area contributed by atoms with Crippen LogP contribution in [0, 0.1) is 0 Å². The molecule has 104 valence electrons. The Morgan fingerprint density at radius 3 is 2.63 bits per heavy atom. The number of hydrogen-bond donors (Lipinski definition) is 2. The Hall–Kier alpha value is -1.01. The molecule has 1 N–H and O–H groups in total. The van der Waals surface area contributed by atoms with Crippen molar-refractivity contribution in [1.82, 2.24) is 5.32 Å². The van der Waals surface area contributed by atoms with E-state index in [9.17, 15) is 13.2 Å². The molecule has 0 aromatic heterocycles. The lowest BCUT2D eigenvalue weighted by molar-refractivity contribution is -0.121. The van der Waals surface area contributed by atoms with Gasteiger partial charge < -0.3 is 5.32 Å². The molecule has 6 heteroatoms. The third-order valence-electron chi connectivity index (χ3n) is 3.15. The minimum absolute atomic E-state index is 0.0462. The van der Waals surface area contributed by atoms with Crippen LogP contribution in [-0.2, 0) is 21.1 Å². The van der Waals surface area contributed by atoms with Gasteiger partial charge >= 0.3 is 0 Å². The van der Waals surface area contributed by atoms with Crippen molar-refractivity contribution in [2.45, 2.75) is 24.1 Å². The highest BCUT2D eigenvalue weighted by molar-refractivity contribution is 7.91. The first-order valence-electron chi connectivity index (χ1n) is 6.19. The second-order valence-electron chi connectivity index (χ2n) is 4.81. The fourth-order valence-corrected chi connectivity index (χ4v) is 4.09. The molecule has 2 unspecified atom stereocenters. The Balaban J connectivity index is 1.86. The van der Waals surface area contributed by atoms with Gasteiger partial charge in [-0.1, -0.05) is 30.3 Å². The summed E-state index contributed by atoms with van der Waals surface area (Å²) in [4.78, 5) is 11.9. The van der Waals surface area contributed by atoms with Crippen LogP contribution >= 0.6 is 12.6 Å². The summed E-state index contributed by atoms with van der Waals surface area (Å²) in [6.07, 6.45) is 1.04. The quantitative estimate of drug-likeness (QED) is 0.810. The third kappa shape index (κ3) is 4.24. The highest BCUT2D eigenvalue weighted by atomic mass is 32.2. The van der Waals surface area contributed by atoms with Crippen LogP contribution in [-0.4, -0.2) is 37.1 Å². The Morgan fingerprint density at radius 1 is 1.37 bits per heavy atom.